The Morgan fingerprint density at radius 1 is 0.379 bits per heavy atom. The molecule has 1 amide bonds. The number of carbonyl (C=O) groups is 1. The van der Waals surface area contributed by atoms with Gasteiger partial charge in [-0.05, 0) is 38.5 Å². The molecule has 0 bridgehead atoms. The summed E-state index contributed by atoms with van der Waals surface area (Å²) in [6.45, 7) is 4.97. The Morgan fingerprint density at radius 3 is 0.885 bits per heavy atom. The fraction of sp³-hybridized carbons (Fsp3) is 0.962. The SMILES string of the molecule is CCCCCCCCCC/C=C\CCCCCCCCCCCCCCCCCCCCCCCCCCCC(=O)NC(COP(=O)(O)OCC[N+](C)(C)C)C(O)CCCCCCCCCCCCCCCCCCCCCCCCCCCCCC. The molecule has 0 aromatic heterocycles. The minimum absolute atomic E-state index is 0.0789. The molecule has 0 saturated carbocycles. The highest BCUT2D eigenvalue weighted by molar-refractivity contribution is 7.47. The van der Waals surface area contributed by atoms with Crippen LogP contribution in [0.25, 0.3) is 0 Å². The van der Waals surface area contributed by atoms with Crippen LogP contribution in [0.1, 0.15) is 431 Å². The summed E-state index contributed by atoms with van der Waals surface area (Å²) in [6, 6.07) is -0.759. The number of quaternary nitrogens is 1. The molecule has 0 aromatic carbocycles. The number of aliphatic hydroxyl groups excluding tert-OH is 1. The number of carbonyl (C=O) groups excluding carboxylic acids is 1. The molecule has 8 nitrogen and oxygen atoms in total. The molecule has 0 spiro atoms. The van der Waals surface area contributed by atoms with E-state index in [0.717, 1.165) is 38.5 Å². The quantitative estimate of drug-likeness (QED) is 0.0243. The van der Waals surface area contributed by atoms with Gasteiger partial charge in [-0.1, -0.05) is 398 Å². The Bertz CT molecular complexity index is 1420. The van der Waals surface area contributed by atoms with E-state index >= 15 is 0 Å². The molecule has 0 saturated heterocycles. The second-order valence-electron chi connectivity index (χ2n) is 28.8. The average molecular weight is 1250 g/mol. The van der Waals surface area contributed by atoms with E-state index in [0.29, 0.717) is 23.9 Å². The topological polar surface area (TPSA) is 105 Å². The maximum absolute atomic E-state index is 13.1. The highest BCUT2D eigenvalue weighted by Gasteiger charge is 2.28. The number of nitrogens with one attached hydrogen (secondary N) is 1. The summed E-state index contributed by atoms with van der Waals surface area (Å²) in [5.41, 5.74) is 0. The van der Waals surface area contributed by atoms with Crippen molar-refractivity contribution < 1.29 is 32.9 Å². The monoisotopic (exact) mass is 1250 g/mol. The Balaban J connectivity index is 3.90. The molecule has 0 aromatic rings. The number of unbranched alkanes of at least 4 members (excludes halogenated alkanes) is 60. The van der Waals surface area contributed by atoms with Crippen LogP contribution >= 0.6 is 7.82 Å². The third-order valence-electron chi connectivity index (χ3n) is 18.8. The summed E-state index contributed by atoms with van der Waals surface area (Å²) in [7, 11) is 1.64. The van der Waals surface area contributed by atoms with Crippen molar-refractivity contribution in [3.63, 3.8) is 0 Å². The second kappa shape index (κ2) is 69.6. The summed E-state index contributed by atoms with van der Waals surface area (Å²) in [5.74, 6) is -0.133. The molecule has 0 rings (SSSR count). The second-order valence-corrected chi connectivity index (χ2v) is 30.3. The number of hydrogen-bond acceptors (Lipinski definition) is 5. The van der Waals surface area contributed by atoms with Gasteiger partial charge < -0.3 is 19.8 Å². The molecule has 9 heteroatoms. The summed E-state index contributed by atoms with van der Waals surface area (Å²) in [5, 5.41) is 14.2. The highest BCUT2D eigenvalue weighted by atomic mass is 31.2. The van der Waals surface area contributed by atoms with Crippen molar-refractivity contribution in [2.24, 2.45) is 0 Å². The van der Waals surface area contributed by atoms with Gasteiger partial charge in [0.05, 0.1) is 39.9 Å². The van der Waals surface area contributed by atoms with Gasteiger partial charge in [-0.3, -0.25) is 13.8 Å². The summed E-state index contributed by atoms with van der Waals surface area (Å²) in [4.78, 5) is 23.5. The van der Waals surface area contributed by atoms with Crippen molar-refractivity contribution >= 4 is 13.7 Å². The van der Waals surface area contributed by atoms with Crippen molar-refractivity contribution in [2.75, 3.05) is 40.9 Å². The molecule has 0 fully saturated rings. The maximum Gasteiger partial charge on any atom is 0.472 e. The van der Waals surface area contributed by atoms with Crippen LogP contribution in [0.15, 0.2) is 12.2 Å². The van der Waals surface area contributed by atoms with Gasteiger partial charge in [0.2, 0.25) is 5.91 Å². The van der Waals surface area contributed by atoms with Crippen LogP contribution in [0.5, 0.6) is 0 Å². The van der Waals surface area contributed by atoms with Crippen molar-refractivity contribution in [3.8, 4) is 0 Å². The van der Waals surface area contributed by atoms with Gasteiger partial charge >= 0.3 is 7.82 Å². The molecule has 0 radical (unpaired) electrons. The van der Waals surface area contributed by atoms with Gasteiger partial charge in [0.15, 0.2) is 0 Å². The van der Waals surface area contributed by atoms with E-state index in [-0.39, 0.29) is 19.1 Å². The predicted molar refractivity (Wildman–Crippen MR) is 383 cm³/mol. The summed E-state index contributed by atoms with van der Waals surface area (Å²) >= 11 is 0. The molecule has 3 unspecified atom stereocenters. The van der Waals surface area contributed by atoms with Crippen molar-refractivity contribution in [1.29, 1.82) is 0 Å². The van der Waals surface area contributed by atoms with Gasteiger partial charge in [0.1, 0.15) is 13.2 Å². The zero-order valence-corrected chi connectivity index (χ0v) is 60.7. The third kappa shape index (κ3) is 72.5. The molecule has 3 atom stereocenters. The minimum atomic E-state index is -4.33. The zero-order valence-electron chi connectivity index (χ0n) is 59.8. The Kier molecular flexibility index (Phi) is 69.0. The smallest absolute Gasteiger partial charge is 0.391 e. The first kappa shape index (κ1) is 86.2. The predicted octanol–water partition coefficient (Wildman–Crippen LogP) is 25.6. The van der Waals surface area contributed by atoms with Crippen LogP contribution < -0.4 is 5.32 Å². The van der Waals surface area contributed by atoms with Crippen LogP contribution in [0.2, 0.25) is 0 Å². The molecule has 0 aliphatic heterocycles. The van der Waals surface area contributed by atoms with E-state index in [1.807, 2.05) is 21.1 Å². The van der Waals surface area contributed by atoms with Gasteiger partial charge in [0.25, 0.3) is 0 Å². The van der Waals surface area contributed by atoms with Crippen LogP contribution in [0.4, 0.5) is 0 Å². The third-order valence-corrected chi connectivity index (χ3v) is 19.7. The van der Waals surface area contributed by atoms with Crippen LogP contribution in [0.3, 0.4) is 0 Å². The summed E-state index contributed by atoms with van der Waals surface area (Å²) in [6.07, 6.45) is 90.8. The number of rotatable bonds is 75. The normalized spacial score (nSPS) is 13.5. The number of nitrogens with zero attached hydrogens (tertiary/aromatic N) is 1. The molecular formula is C78H158N2O6P+. The average Bonchev–Trinajstić information content (AvgIpc) is 3.70. The van der Waals surface area contributed by atoms with E-state index in [1.54, 1.807) is 0 Å². The number of hydrogen-bond donors (Lipinski definition) is 3. The molecule has 3 N–H and O–H groups in total. The lowest BCUT2D eigenvalue weighted by Crippen LogP contribution is -2.46. The lowest BCUT2D eigenvalue weighted by molar-refractivity contribution is -0.870. The minimum Gasteiger partial charge on any atom is -0.391 e. The number of allylic oxidation sites excluding steroid dienone is 2. The lowest BCUT2D eigenvalue weighted by atomic mass is 10.0. The molecule has 0 aliphatic carbocycles. The Labute approximate surface area is 545 Å². The molecule has 87 heavy (non-hydrogen) atoms. The number of amides is 1. The molecule has 520 valence electrons. The van der Waals surface area contributed by atoms with Gasteiger partial charge in [-0.15, -0.1) is 0 Å². The van der Waals surface area contributed by atoms with Crippen LogP contribution in [-0.4, -0.2) is 73.4 Å². The van der Waals surface area contributed by atoms with Crippen LogP contribution in [0, 0.1) is 0 Å². The van der Waals surface area contributed by atoms with Crippen LogP contribution in [-0.2, 0) is 18.4 Å². The first-order chi connectivity index (χ1) is 42.5. The first-order valence-corrected chi connectivity index (χ1v) is 41.0. The first-order valence-electron chi connectivity index (χ1n) is 39.6. The van der Waals surface area contributed by atoms with E-state index in [9.17, 15) is 19.4 Å². The number of aliphatic hydroxyl groups is 1. The number of likely N-dealkylation sites (N-methyl/N-ethyl adjacent to an activating group) is 1. The van der Waals surface area contributed by atoms with Crippen molar-refractivity contribution in [2.45, 2.75) is 443 Å². The van der Waals surface area contributed by atoms with E-state index in [4.69, 9.17) is 9.05 Å². The fourth-order valence-corrected chi connectivity index (χ4v) is 13.4. The number of phosphoric ester groups is 1. The molecular weight excluding hydrogens is 1090 g/mol. The lowest BCUT2D eigenvalue weighted by Gasteiger charge is -2.26. The standard InChI is InChI=1S/C78H157N2O6P/c1-6-8-10-12-14-16-18-20-22-24-26-28-30-32-34-36-37-38-39-40-41-42-43-44-46-48-50-52-54-56-58-60-62-64-66-68-70-72-78(82)79-76(75-86-87(83,84)85-74-73-80(3,4)5)77(81)71-69-67-65-63-61-59-57-55-53-51-49-47-45-35-33-31-29-27-25-23-21-19-17-15-13-11-9-7-2/h24,26,76-77,81H,6-23,25,27-75H2,1-5H3,(H-,79,82,83,84)/p+1/b26-24-. The highest BCUT2D eigenvalue weighted by Crippen LogP contribution is 2.43. The Hall–Kier alpha value is -0.760. The zero-order chi connectivity index (χ0) is 63.4. The Morgan fingerprint density at radius 2 is 0.621 bits per heavy atom. The van der Waals surface area contributed by atoms with Gasteiger partial charge in [-0.25, -0.2) is 4.57 Å². The molecule has 0 heterocycles. The maximum atomic E-state index is 13.1. The summed E-state index contributed by atoms with van der Waals surface area (Å²) < 4.78 is 24.0. The molecule has 0 aliphatic rings. The van der Waals surface area contributed by atoms with Crippen molar-refractivity contribution in [3.05, 3.63) is 12.2 Å². The van der Waals surface area contributed by atoms with E-state index in [2.05, 4.69) is 31.3 Å². The van der Waals surface area contributed by atoms with Gasteiger partial charge in [0, 0.05) is 6.42 Å². The van der Waals surface area contributed by atoms with Gasteiger partial charge in [-0.2, -0.15) is 0 Å². The van der Waals surface area contributed by atoms with E-state index < -0.39 is 20.0 Å². The largest absolute Gasteiger partial charge is 0.472 e. The van der Waals surface area contributed by atoms with E-state index in [1.165, 1.54) is 366 Å². The number of phosphoric acid groups is 1. The fourth-order valence-electron chi connectivity index (χ4n) is 12.6. The van der Waals surface area contributed by atoms with Crippen molar-refractivity contribution in [1.82, 2.24) is 5.32 Å².